The molecular weight excluding hydrogens is 366 g/mol. The number of methoxy groups -OCH3 is 2. The number of carbonyl (C=O) groups excluding carboxylic acids is 2. The van der Waals surface area contributed by atoms with Crippen LogP contribution >= 0.6 is 0 Å². The van der Waals surface area contributed by atoms with Gasteiger partial charge in [0.05, 0.1) is 25.8 Å². The molecule has 0 bridgehead atoms. The fourth-order valence-corrected chi connectivity index (χ4v) is 4.85. The van der Waals surface area contributed by atoms with E-state index in [9.17, 15) is 9.59 Å². The molecule has 1 aliphatic heterocycles. The second-order valence-corrected chi connectivity index (χ2v) is 7.61. The summed E-state index contributed by atoms with van der Waals surface area (Å²) in [5.41, 5.74) is 4.77. The van der Waals surface area contributed by atoms with Gasteiger partial charge in [-0.05, 0) is 30.5 Å². The maximum atomic E-state index is 13.4. The van der Waals surface area contributed by atoms with E-state index in [1.807, 2.05) is 42.5 Å². The maximum Gasteiger partial charge on any atom is 0.173 e. The molecule has 0 N–H and O–H groups in total. The number of allylic oxidation sites excluding steroid dienone is 2. The molecule has 0 unspecified atom stereocenters. The van der Waals surface area contributed by atoms with Gasteiger partial charge in [-0.15, -0.1) is 0 Å². The van der Waals surface area contributed by atoms with Gasteiger partial charge in [0.25, 0.3) is 0 Å². The van der Waals surface area contributed by atoms with Crippen LogP contribution in [0.1, 0.15) is 46.7 Å². The van der Waals surface area contributed by atoms with Crippen molar-refractivity contribution in [1.82, 2.24) is 0 Å². The van der Waals surface area contributed by atoms with Crippen molar-refractivity contribution in [2.45, 2.75) is 25.2 Å². The Balaban J connectivity index is 1.74. The molecule has 0 saturated heterocycles. The maximum absolute atomic E-state index is 13.4. The van der Waals surface area contributed by atoms with Gasteiger partial charge in [0, 0.05) is 34.7 Å². The first-order valence-electron chi connectivity index (χ1n) is 9.84. The van der Waals surface area contributed by atoms with Crippen molar-refractivity contribution in [2.75, 3.05) is 14.2 Å². The molecule has 1 heterocycles. The Morgan fingerprint density at radius 2 is 1.66 bits per heavy atom. The van der Waals surface area contributed by atoms with Gasteiger partial charge in [0.1, 0.15) is 0 Å². The van der Waals surface area contributed by atoms with Crippen LogP contribution in [0.3, 0.4) is 0 Å². The lowest BCUT2D eigenvalue weighted by Crippen LogP contribution is -2.33. The second kappa shape index (κ2) is 6.69. The van der Waals surface area contributed by atoms with E-state index in [2.05, 4.69) is 0 Å². The molecule has 0 aromatic heterocycles. The molecule has 5 heteroatoms. The molecule has 0 radical (unpaired) electrons. The minimum atomic E-state index is -0.480. The number of ketones is 2. The highest BCUT2D eigenvalue weighted by molar-refractivity contribution is 6.30. The summed E-state index contributed by atoms with van der Waals surface area (Å²) in [5, 5.41) is 0. The molecule has 146 valence electrons. The van der Waals surface area contributed by atoms with Gasteiger partial charge in [-0.2, -0.15) is 0 Å². The fourth-order valence-electron chi connectivity index (χ4n) is 4.85. The van der Waals surface area contributed by atoms with Crippen LogP contribution in [0, 0.1) is 5.92 Å². The van der Waals surface area contributed by atoms with Crippen LogP contribution < -0.4 is 9.47 Å². The van der Waals surface area contributed by atoms with Gasteiger partial charge < -0.3 is 9.47 Å². The average Bonchev–Trinajstić information content (AvgIpc) is 3.04. The van der Waals surface area contributed by atoms with Crippen molar-refractivity contribution in [1.29, 1.82) is 0 Å². The summed E-state index contributed by atoms with van der Waals surface area (Å²) in [5.74, 6) is 0.492. The monoisotopic (exact) mass is 387 g/mol. The third kappa shape index (κ3) is 2.57. The Kier molecular flexibility index (Phi) is 4.12. The molecular formula is C24H21NO4. The summed E-state index contributed by atoms with van der Waals surface area (Å²) in [7, 11) is 3.17. The van der Waals surface area contributed by atoms with Crippen molar-refractivity contribution in [3.05, 3.63) is 70.4 Å². The van der Waals surface area contributed by atoms with Gasteiger partial charge >= 0.3 is 0 Å². The number of hydrogen-bond acceptors (Lipinski definition) is 5. The fraction of sp³-hybridized carbons (Fsp3) is 0.292. The van der Waals surface area contributed by atoms with Crippen molar-refractivity contribution >= 4 is 17.3 Å². The average molecular weight is 387 g/mol. The first kappa shape index (κ1) is 17.9. The Hall–Kier alpha value is -3.21. The summed E-state index contributed by atoms with van der Waals surface area (Å²) in [6, 6.07) is 13.3. The summed E-state index contributed by atoms with van der Waals surface area (Å²) < 4.78 is 10.9. The van der Waals surface area contributed by atoms with Crippen LogP contribution in [0.25, 0.3) is 0 Å². The molecule has 0 amide bonds. The van der Waals surface area contributed by atoms with Gasteiger partial charge in [0.15, 0.2) is 23.1 Å². The van der Waals surface area contributed by atoms with E-state index in [-0.39, 0.29) is 17.5 Å². The zero-order valence-electron chi connectivity index (χ0n) is 16.4. The first-order valence-corrected chi connectivity index (χ1v) is 9.84. The smallest absolute Gasteiger partial charge is 0.173 e. The number of carbonyl (C=O) groups is 2. The molecule has 2 aliphatic carbocycles. The lowest BCUT2D eigenvalue weighted by Gasteiger charge is -2.33. The quantitative estimate of drug-likeness (QED) is 0.795. The molecule has 2 aromatic carbocycles. The minimum Gasteiger partial charge on any atom is -0.493 e. The summed E-state index contributed by atoms with van der Waals surface area (Å²) in [4.78, 5) is 31.2. The number of fused-ring (bicyclic) bond motifs is 3. The predicted molar refractivity (Wildman–Crippen MR) is 109 cm³/mol. The van der Waals surface area contributed by atoms with Crippen LogP contribution in [0.2, 0.25) is 0 Å². The molecule has 0 fully saturated rings. The zero-order valence-corrected chi connectivity index (χ0v) is 16.4. The van der Waals surface area contributed by atoms with E-state index >= 15 is 0 Å². The van der Waals surface area contributed by atoms with E-state index in [0.29, 0.717) is 29.1 Å². The molecule has 2 atom stereocenters. The van der Waals surface area contributed by atoms with Crippen LogP contribution in [-0.2, 0) is 4.79 Å². The number of nitrogens with zero attached hydrogens (tertiary/aromatic N) is 1. The number of Topliss-reactive ketones (excluding diaryl/α,β-unsaturated/α-hetero) is 2. The molecule has 0 spiro atoms. The lowest BCUT2D eigenvalue weighted by atomic mass is 9.71. The number of rotatable bonds is 3. The Bertz CT molecular complexity index is 1110. The summed E-state index contributed by atoms with van der Waals surface area (Å²) in [6.07, 6.45) is 2.06. The third-order valence-electron chi connectivity index (χ3n) is 6.14. The Morgan fingerprint density at radius 3 is 2.41 bits per heavy atom. The third-order valence-corrected chi connectivity index (χ3v) is 6.14. The number of aliphatic imine (C=N–C) groups is 1. The predicted octanol–water partition coefficient (Wildman–Crippen LogP) is 4.11. The first-order chi connectivity index (χ1) is 14.1. The molecule has 3 aliphatic rings. The normalized spacial score (nSPS) is 22.6. The SMILES string of the molecule is COc1ccc([C@@H]2C3=C(CCCC3=O)N=C3c4ccccc4C(=O)[C@@H]32)cc1OC. The number of ether oxygens (including phenoxy) is 2. The minimum absolute atomic E-state index is 0.0315. The van der Waals surface area contributed by atoms with E-state index in [4.69, 9.17) is 14.5 Å². The van der Waals surface area contributed by atoms with Gasteiger partial charge in [-0.1, -0.05) is 30.3 Å². The van der Waals surface area contributed by atoms with Gasteiger partial charge in [-0.25, -0.2) is 0 Å². The van der Waals surface area contributed by atoms with Crippen molar-refractivity contribution in [3.63, 3.8) is 0 Å². The Morgan fingerprint density at radius 1 is 0.897 bits per heavy atom. The van der Waals surface area contributed by atoms with E-state index < -0.39 is 5.92 Å². The van der Waals surface area contributed by atoms with Crippen LogP contribution in [0.5, 0.6) is 11.5 Å². The Labute approximate surface area is 169 Å². The summed E-state index contributed by atoms with van der Waals surface area (Å²) >= 11 is 0. The summed E-state index contributed by atoms with van der Waals surface area (Å²) in [6.45, 7) is 0. The standard InChI is InChI=1S/C24H21NO4/c1-28-18-11-10-13(12-19(18)29-2)20-21-16(8-5-9-17(21)26)25-23-14-6-3-4-7-15(14)24(27)22(20)23/h3-4,6-7,10-12,20,22H,5,8-9H2,1-2H3/t20-,22-/m1/s1. The van der Waals surface area contributed by atoms with Crippen LogP contribution in [-0.4, -0.2) is 31.5 Å². The van der Waals surface area contributed by atoms with Crippen LogP contribution in [0.4, 0.5) is 0 Å². The van der Waals surface area contributed by atoms with E-state index in [1.165, 1.54) is 0 Å². The van der Waals surface area contributed by atoms with Crippen molar-refractivity contribution in [3.8, 4) is 11.5 Å². The molecule has 5 nitrogen and oxygen atoms in total. The zero-order chi connectivity index (χ0) is 20.1. The molecule has 29 heavy (non-hydrogen) atoms. The molecule has 5 rings (SSSR count). The number of benzene rings is 2. The topological polar surface area (TPSA) is 65.0 Å². The van der Waals surface area contributed by atoms with Gasteiger partial charge in [0.2, 0.25) is 0 Å². The molecule has 2 aromatic rings. The largest absolute Gasteiger partial charge is 0.493 e. The lowest BCUT2D eigenvalue weighted by molar-refractivity contribution is -0.116. The van der Waals surface area contributed by atoms with E-state index in [1.54, 1.807) is 14.2 Å². The van der Waals surface area contributed by atoms with E-state index in [0.717, 1.165) is 35.4 Å². The second-order valence-electron chi connectivity index (χ2n) is 7.61. The number of hydrogen-bond donors (Lipinski definition) is 0. The highest BCUT2D eigenvalue weighted by Gasteiger charge is 2.48. The highest BCUT2D eigenvalue weighted by atomic mass is 16.5. The van der Waals surface area contributed by atoms with Crippen LogP contribution in [0.15, 0.2) is 58.7 Å². The van der Waals surface area contributed by atoms with Gasteiger partial charge in [-0.3, -0.25) is 14.6 Å². The molecule has 0 saturated carbocycles. The highest BCUT2D eigenvalue weighted by Crippen LogP contribution is 2.49. The van der Waals surface area contributed by atoms with Crippen molar-refractivity contribution < 1.29 is 19.1 Å². The van der Waals surface area contributed by atoms with Crippen molar-refractivity contribution in [2.24, 2.45) is 10.9 Å².